The fourth-order valence-corrected chi connectivity index (χ4v) is 1.08. The highest BCUT2D eigenvalue weighted by atomic mass is 16.3. The predicted octanol–water partition coefficient (Wildman–Crippen LogP) is 2.54. The number of aliphatic hydroxyl groups is 1. The molecule has 0 heterocycles. The summed E-state index contributed by atoms with van der Waals surface area (Å²) < 4.78 is 0. The number of aliphatic hydroxyl groups excluding tert-OH is 1. The van der Waals surface area contributed by atoms with E-state index in [0.29, 0.717) is 0 Å². The SMILES string of the molecule is C=C[C@@H](C)[C@@H](O)c1ccccc1. The Labute approximate surface area is 73.4 Å². The topological polar surface area (TPSA) is 20.2 Å². The standard InChI is InChI=1S/C11H14O/c1-3-9(2)11(12)10-7-5-4-6-8-10/h3-9,11-12H,1H2,2H3/t9-,11-/m1/s1. The molecule has 0 aliphatic rings. The Hall–Kier alpha value is -1.08. The largest absolute Gasteiger partial charge is 0.388 e. The minimum Gasteiger partial charge on any atom is -0.388 e. The van der Waals surface area contributed by atoms with Gasteiger partial charge in [0, 0.05) is 5.92 Å². The first-order chi connectivity index (χ1) is 5.75. The molecule has 1 rings (SSSR count). The Morgan fingerprint density at radius 2 is 1.92 bits per heavy atom. The first-order valence-corrected chi connectivity index (χ1v) is 4.11. The van der Waals surface area contributed by atoms with Gasteiger partial charge in [0.15, 0.2) is 0 Å². The van der Waals surface area contributed by atoms with Crippen molar-refractivity contribution in [3.8, 4) is 0 Å². The second-order valence-electron chi connectivity index (χ2n) is 2.95. The highest BCUT2D eigenvalue weighted by Crippen LogP contribution is 2.21. The number of rotatable bonds is 3. The van der Waals surface area contributed by atoms with Crippen molar-refractivity contribution in [1.82, 2.24) is 0 Å². The molecular formula is C11H14O. The molecule has 64 valence electrons. The van der Waals surface area contributed by atoms with Crippen molar-refractivity contribution in [2.75, 3.05) is 0 Å². The van der Waals surface area contributed by atoms with Crippen molar-refractivity contribution >= 4 is 0 Å². The van der Waals surface area contributed by atoms with Crippen LogP contribution in [-0.4, -0.2) is 5.11 Å². The van der Waals surface area contributed by atoms with Gasteiger partial charge < -0.3 is 5.11 Å². The summed E-state index contributed by atoms with van der Waals surface area (Å²) >= 11 is 0. The summed E-state index contributed by atoms with van der Waals surface area (Å²) in [6.07, 6.45) is 1.33. The van der Waals surface area contributed by atoms with Crippen molar-refractivity contribution in [2.24, 2.45) is 5.92 Å². The van der Waals surface area contributed by atoms with Crippen molar-refractivity contribution in [3.05, 3.63) is 48.6 Å². The van der Waals surface area contributed by atoms with Gasteiger partial charge in [-0.3, -0.25) is 0 Å². The van der Waals surface area contributed by atoms with Crippen LogP contribution in [0.5, 0.6) is 0 Å². The normalized spacial score (nSPS) is 15.2. The number of hydrogen-bond acceptors (Lipinski definition) is 1. The molecule has 1 aromatic carbocycles. The third-order valence-corrected chi connectivity index (χ3v) is 2.01. The second kappa shape index (κ2) is 4.07. The zero-order valence-corrected chi connectivity index (χ0v) is 7.27. The van der Waals surface area contributed by atoms with Gasteiger partial charge in [0.25, 0.3) is 0 Å². The molecule has 0 aromatic heterocycles. The molecule has 1 nitrogen and oxygen atoms in total. The summed E-state index contributed by atoms with van der Waals surface area (Å²) in [4.78, 5) is 0. The van der Waals surface area contributed by atoms with Gasteiger partial charge in [-0.2, -0.15) is 0 Å². The molecule has 0 saturated heterocycles. The molecule has 0 radical (unpaired) electrons. The maximum absolute atomic E-state index is 9.72. The molecule has 1 aromatic rings. The summed E-state index contributed by atoms with van der Waals surface area (Å²) in [5.41, 5.74) is 0.949. The van der Waals surface area contributed by atoms with E-state index in [2.05, 4.69) is 6.58 Å². The van der Waals surface area contributed by atoms with Crippen LogP contribution in [0.2, 0.25) is 0 Å². The highest BCUT2D eigenvalue weighted by molar-refractivity contribution is 5.18. The maximum Gasteiger partial charge on any atom is 0.0849 e. The predicted molar refractivity (Wildman–Crippen MR) is 50.8 cm³/mol. The molecule has 2 atom stereocenters. The van der Waals surface area contributed by atoms with Crippen LogP contribution in [0.4, 0.5) is 0 Å². The van der Waals surface area contributed by atoms with E-state index in [1.54, 1.807) is 6.08 Å². The molecule has 0 amide bonds. The lowest BCUT2D eigenvalue weighted by atomic mass is 9.98. The van der Waals surface area contributed by atoms with Crippen LogP contribution in [0.25, 0.3) is 0 Å². The second-order valence-corrected chi connectivity index (χ2v) is 2.95. The van der Waals surface area contributed by atoms with E-state index >= 15 is 0 Å². The number of benzene rings is 1. The molecule has 0 aliphatic heterocycles. The fourth-order valence-electron chi connectivity index (χ4n) is 1.08. The smallest absolute Gasteiger partial charge is 0.0849 e. The first-order valence-electron chi connectivity index (χ1n) is 4.11. The van der Waals surface area contributed by atoms with Gasteiger partial charge in [-0.05, 0) is 5.56 Å². The first kappa shape index (κ1) is 9.01. The number of hydrogen-bond donors (Lipinski definition) is 1. The van der Waals surface area contributed by atoms with E-state index in [1.807, 2.05) is 37.3 Å². The minimum atomic E-state index is -0.427. The van der Waals surface area contributed by atoms with Gasteiger partial charge in [0.2, 0.25) is 0 Å². The summed E-state index contributed by atoms with van der Waals surface area (Å²) in [5.74, 6) is 0.104. The van der Waals surface area contributed by atoms with Gasteiger partial charge in [0.1, 0.15) is 0 Å². The van der Waals surface area contributed by atoms with Gasteiger partial charge in [-0.1, -0.05) is 43.3 Å². The van der Waals surface area contributed by atoms with Crippen LogP contribution in [0.3, 0.4) is 0 Å². The van der Waals surface area contributed by atoms with Crippen LogP contribution < -0.4 is 0 Å². The van der Waals surface area contributed by atoms with E-state index < -0.39 is 6.10 Å². The average molecular weight is 162 g/mol. The molecule has 12 heavy (non-hydrogen) atoms. The molecular weight excluding hydrogens is 148 g/mol. The molecule has 0 spiro atoms. The van der Waals surface area contributed by atoms with Gasteiger partial charge in [-0.15, -0.1) is 6.58 Å². The lowest BCUT2D eigenvalue weighted by molar-refractivity contribution is 0.140. The zero-order valence-electron chi connectivity index (χ0n) is 7.27. The third kappa shape index (κ3) is 1.95. The Morgan fingerprint density at radius 1 is 1.33 bits per heavy atom. The van der Waals surface area contributed by atoms with E-state index in [1.165, 1.54) is 0 Å². The molecule has 1 N–H and O–H groups in total. The third-order valence-electron chi connectivity index (χ3n) is 2.01. The lowest BCUT2D eigenvalue weighted by Gasteiger charge is -2.14. The van der Waals surface area contributed by atoms with Crippen molar-refractivity contribution < 1.29 is 5.11 Å². The lowest BCUT2D eigenvalue weighted by Crippen LogP contribution is -2.05. The van der Waals surface area contributed by atoms with Crippen LogP contribution >= 0.6 is 0 Å². The summed E-state index contributed by atoms with van der Waals surface area (Å²) in [6.45, 7) is 5.60. The Morgan fingerprint density at radius 3 is 2.42 bits per heavy atom. The molecule has 0 aliphatic carbocycles. The van der Waals surface area contributed by atoms with Crippen molar-refractivity contribution in [1.29, 1.82) is 0 Å². The van der Waals surface area contributed by atoms with Crippen molar-refractivity contribution in [2.45, 2.75) is 13.0 Å². The van der Waals surface area contributed by atoms with Crippen LogP contribution in [0.15, 0.2) is 43.0 Å². The van der Waals surface area contributed by atoms with Crippen LogP contribution in [0.1, 0.15) is 18.6 Å². The molecule has 0 unspecified atom stereocenters. The quantitative estimate of drug-likeness (QED) is 0.677. The van der Waals surface area contributed by atoms with E-state index in [-0.39, 0.29) is 5.92 Å². The summed E-state index contributed by atoms with van der Waals surface area (Å²) in [7, 11) is 0. The van der Waals surface area contributed by atoms with Gasteiger partial charge in [0.05, 0.1) is 6.10 Å². The van der Waals surface area contributed by atoms with Crippen LogP contribution in [0, 0.1) is 5.92 Å². The highest BCUT2D eigenvalue weighted by Gasteiger charge is 2.11. The Kier molecular flexibility index (Phi) is 3.06. The van der Waals surface area contributed by atoms with Crippen molar-refractivity contribution in [3.63, 3.8) is 0 Å². The van der Waals surface area contributed by atoms with E-state index in [4.69, 9.17) is 0 Å². The average Bonchev–Trinajstić information content (AvgIpc) is 2.17. The monoisotopic (exact) mass is 162 g/mol. The van der Waals surface area contributed by atoms with Crippen LogP contribution in [-0.2, 0) is 0 Å². The summed E-state index contributed by atoms with van der Waals surface area (Å²) in [6, 6.07) is 9.63. The molecule has 1 heteroatoms. The summed E-state index contributed by atoms with van der Waals surface area (Å²) in [5, 5.41) is 9.72. The molecule has 0 saturated carbocycles. The zero-order chi connectivity index (χ0) is 8.97. The fraction of sp³-hybridized carbons (Fsp3) is 0.273. The van der Waals surface area contributed by atoms with Gasteiger partial charge >= 0.3 is 0 Å². The van der Waals surface area contributed by atoms with E-state index in [0.717, 1.165) is 5.56 Å². The Balaban J connectivity index is 2.78. The van der Waals surface area contributed by atoms with E-state index in [9.17, 15) is 5.11 Å². The molecule has 0 fully saturated rings. The Bertz CT molecular complexity index is 240. The maximum atomic E-state index is 9.72. The molecule has 0 bridgehead atoms. The minimum absolute atomic E-state index is 0.104. The van der Waals surface area contributed by atoms with Gasteiger partial charge in [-0.25, -0.2) is 0 Å².